The highest BCUT2D eigenvalue weighted by Crippen LogP contribution is 2.39. The molecule has 0 aromatic carbocycles. The molecule has 21 heavy (non-hydrogen) atoms. The second-order valence-corrected chi connectivity index (χ2v) is 6.36. The summed E-state index contributed by atoms with van der Waals surface area (Å²) in [5, 5.41) is 0. The fourth-order valence-electron chi connectivity index (χ4n) is 4.10. The van der Waals surface area contributed by atoms with Gasteiger partial charge in [0.25, 0.3) is 0 Å². The Morgan fingerprint density at radius 2 is 2.05 bits per heavy atom. The summed E-state index contributed by atoms with van der Waals surface area (Å²) < 4.78 is 10.4. The standard InChI is InChI=1S/C17H25NO3/c1-12(15-9-10-16(21-15)17(19)20-2)18-11-5-7-13-6-3-4-8-14(13)18/h9-10,12-14H,3-8,11H2,1-2H3/t12?,13-,14-/m1/s1. The van der Waals surface area contributed by atoms with Gasteiger partial charge in [0.2, 0.25) is 5.76 Å². The minimum Gasteiger partial charge on any atom is -0.463 e. The van der Waals surface area contributed by atoms with E-state index in [9.17, 15) is 4.79 Å². The van der Waals surface area contributed by atoms with Gasteiger partial charge in [-0.3, -0.25) is 4.90 Å². The van der Waals surface area contributed by atoms with Crippen LogP contribution in [0.5, 0.6) is 0 Å². The zero-order valence-corrected chi connectivity index (χ0v) is 13.0. The summed E-state index contributed by atoms with van der Waals surface area (Å²) in [4.78, 5) is 14.1. The van der Waals surface area contributed by atoms with Crippen LogP contribution in [-0.2, 0) is 4.74 Å². The molecule has 116 valence electrons. The molecule has 2 heterocycles. The van der Waals surface area contributed by atoms with Crippen molar-refractivity contribution >= 4 is 5.97 Å². The van der Waals surface area contributed by atoms with E-state index < -0.39 is 5.97 Å². The molecule has 4 heteroatoms. The fraction of sp³-hybridized carbons (Fsp3) is 0.706. The van der Waals surface area contributed by atoms with Crippen molar-refractivity contribution < 1.29 is 13.9 Å². The highest BCUT2D eigenvalue weighted by Gasteiger charge is 2.36. The van der Waals surface area contributed by atoms with E-state index >= 15 is 0 Å². The zero-order chi connectivity index (χ0) is 14.8. The van der Waals surface area contributed by atoms with Crippen molar-refractivity contribution in [3.05, 3.63) is 23.7 Å². The third-order valence-corrected chi connectivity index (χ3v) is 5.21. The SMILES string of the molecule is COC(=O)c1ccc(C(C)N2CCC[C@H]3CCCC[C@H]32)o1. The van der Waals surface area contributed by atoms with Crippen LogP contribution in [0, 0.1) is 5.92 Å². The van der Waals surface area contributed by atoms with Crippen LogP contribution in [0.25, 0.3) is 0 Å². The smallest absolute Gasteiger partial charge is 0.373 e. The minimum atomic E-state index is -0.400. The Kier molecular flexibility index (Phi) is 4.34. The molecule has 3 atom stereocenters. The molecule has 1 aliphatic heterocycles. The lowest BCUT2D eigenvalue weighted by Gasteiger charge is -2.46. The summed E-state index contributed by atoms with van der Waals surface area (Å²) in [6.45, 7) is 3.33. The Bertz CT molecular complexity index is 494. The molecule has 1 saturated carbocycles. The van der Waals surface area contributed by atoms with Gasteiger partial charge < -0.3 is 9.15 Å². The lowest BCUT2D eigenvalue weighted by atomic mass is 9.77. The van der Waals surface area contributed by atoms with Gasteiger partial charge in [-0.15, -0.1) is 0 Å². The second-order valence-electron chi connectivity index (χ2n) is 6.36. The number of fused-ring (bicyclic) bond motifs is 1. The summed E-state index contributed by atoms with van der Waals surface area (Å²) in [5.74, 6) is 1.63. The van der Waals surface area contributed by atoms with Crippen LogP contribution in [0.15, 0.2) is 16.5 Å². The van der Waals surface area contributed by atoms with E-state index in [0.29, 0.717) is 11.8 Å². The predicted octanol–water partition coefficient (Wildman–Crippen LogP) is 3.78. The molecule has 1 unspecified atom stereocenters. The second kappa shape index (κ2) is 6.22. The van der Waals surface area contributed by atoms with E-state index in [1.807, 2.05) is 6.07 Å². The van der Waals surface area contributed by atoms with E-state index in [2.05, 4.69) is 11.8 Å². The van der Waals surface area contributed by atoms with E-state index in [1.54, 1.807) is 6.07 Å². The number of nitrogens with zero attached hydrogens (tertiary/aromatic N) is 1. The van der Waals surface area contributed by atoms with Crippen LogP contribution in [0.3, 0.4) is 0 Å². The molecular weight excluding hydrogens is 266 g/mol. The number of hydrogen-bond donors (Lipinski definition) is 0. The van der Waals surface area contributed by atoms with E-state index in [-0.39, 0.29) is 6.04 Å². The van der Waals surface area contributed by atoms with E-state index in [4.69, 9.17) is 9.15 Å². The highest BCUT2D eigenvalue weighted by molar-refractivity contribution is 5.86. The van der Waals surface area contributed by atoms with Gasteiger partial charge in [-0.2, -0.15) is 0 Å². The van der Waals surface area contributed by atoms with Gasteiger partial charge in [0, 0.05) is 6.04 Å². The lowest BCUT2D eigenvalue weighted by molar-refractivity contribution is 0.0231. The van der Waals surface area contributed by atoms with Crippen LogP contribution in [-0.4, -0.2) is 30.6 Å². The zero-order valence-electron chi connectivity index (χ0n) is 13.0. The lowest BCUT2D eigenvalue weighted by Crippen LogP contribution is -2.47. The quantitative estimate of drug-likeness (QED) is 0.795. The summed E-state index contributed by atoms with van der Waals surface area (Å²) in [6, 6.07) is 4.56. The third kappa shape index (κ3) is 2.86. The molecule has 0 radical (unpaired) electrons. The van der Waals surface area contributed by atoms with E-state index in [0.717, 1.165) is 18.2 Å². The first kappa shape index (κ1) is 14.6. The van der Waals surface area contributed by atoms with Crippen molar-refractivity contribution in [2.45, 2.75) is 57.5 Å². The van der Waals surface area contributed by atoms with Crippen molar-refractivity contribution in [2.75, 3.05) is 13.7 Å². The summed E-state index contributed by atoms with van der Waals surface area (Å²) in [6.07, 6.45) is 8.06. The Labute approximate surface area is 126 Å². The average molecular weight is 291 g/mol. The molecule has 4 nitrogen and oxygen atoms in total. The number of carbonyl (C=O) groups excluding carboxylic acids is 1. The highest BCUT2D eigenvalue weighted by atomic mass is 16.5. The Balaban J connectivity index is 1.75. The van der Waals surface area contributed by atoms with Gasteiger partial charge in [0.05, 0.1) is 13.2 Å². The molecule has 0 bridgehead atoms. The number of piperidine rings is 1. The molecule has 1 aliphatic carbocycles. The first-order valence-corrected chi connectivity index (χ1v) is 8.14. The number of carbonyl (C=O) groups is 1. The van der Waals surface area contributed by atoms with Crippen molar-refractivity contribution in [3.8, 4) is 0 Å². The van der Waals surface area contributed by atoms with E-state index in [1.165, 1.54) is 45.6 Å². The van der Waals surface area contributed by atoms with Crippen LogP contribution < -0.4 is 0 Å². The van der Waals surface area contributed by atoms with Gasteiger partial charge in [-0.05, 0) is 57.2 Å². The van der Waals surface area contributed by atoms with Crippen LogP contribution in [0.4, 0.5) is 0 Å². The molecule has 1 saturated heterocycles. The number of methoxy groups -OCH3 is 1. The van der Waals surface area contributed by atoms with Crippen molar-refractivity contribution in [1.29, 1.82) is 0 Å². The fourth-order valence-corrected chi connectivity index (χ4v) is 4.10. The van der Waals surface area contributed by atoms with Gasteiger partial charge in [0.1, 0.15) is 5.76 Å². The number of esters is 1. The molecular formula is C17H25NO3. The normalized spacial score (nSPS) is 27.9. The Morgan fingerprint density at radius 1 is 1.29 bits per heavy atom. The molecule has 1 aromatic rings. The summed E-state index contributed by atoms with van der Waals surface area (Å²) in [5.41, 5.74) is 0. The molecule has 0 N–H and O–H groups in total. The molecule has 0 spiro atoms. The number of hydrogen-bond acceptors (Lipinski definition) is 4. The van der Waals surface area contributed by atoms with Crippen LogP contribution in [0.1, 0.15) is 67.8 Å². The Hall–Kier alpha value is -1.29. The van der Waals surface area contributed by atoms with Gasteiger partial charge in [0.15, 0.2) is 0 Å². The third-order valence-electron chi connectivity index (χ3n) is 5.21. The number of rotatable bonds is 3. The minimum absolute atomic E-state index is 0.231. The maximum absolute atomic E-state index is 11.5. The molecule has 1 aromatic heterocycles. The summed E-state index contributed by atoms with van der Waals surface area (Å²) >= 11 is 0. The number of likely N-dealkylation sites (tertiary alicyclic amines) is 1. The molecule has 0 amide bonds. The predicted molar refractivity (Wildman–Crippen MR) is 80.1 cm³/mol. The number of ether oxygens (including phenoxy) is 1. The Morgan fingerprint density at radius 3 is 2.86 bits per heavy atom. The maximum atomic E-state index is 11.5. The maximum Gasteiger partial charge on any atom is 0.373 e. The van der Waals surface area contributed by atoms with Crippen LogP contribution in [0.2, 0.25) is 0 Å². The van der Waals surface area contributed by atoms with Crippen LogP contribution >= 0.6 is 0 Å². The largest absolute Gasteiger partial charge is 0.463 e. The monoisotopic (exact) mass is 291 g/mol. The summed E-state index contributed by atoms with van der Waals surface area (Å²) in [7, 11) is 1.38. The topological polar surface area (TPSA) is 42.7 Å². The first-order valence-electron chi connectivity index (χ1n) is 8.14. The molecule has 2 fully saturated rings. The van der Waals surface area contributed by atoms with Crippen molar-refractivity contribution in [3.63, 3.8) is 0 Å². The van der Waals surface area contributed by atoms with Crippen molar-refractivity contribution in [2.24, 2.45) is 5.92 Å². The molecule has 2 aliphatic rings. The van der Waals surface area contributed by atoms with Gasteiger partial charge in [-0.1, -0.05) is 12.8 Å². The van der Waals surface area contributed by atoms with Crippen molar-refractivity contribution in [1.82, 2.24) is 4.90 Å². The first-order chi connectivity index (χ1) is 10.2. The van der Waals surface area contributed by atoms with Gasteiger partial charge >= 0.3 is 5.97 Å². The number of furan rings is 1. The average Bonchev–Trinajstić information content (AvgIpc) is 3.03. The van der Waals surface area contributed by atoms with Gasteiger partial charge in [-0.25, -0.2) is 4.79 Å². The molecule has 3 rings (SSSR count).